The molecule has 0 saturated carbocycles. The van der Waals surface area contributed by atoms with Gasteiger partial charge >= 0.3 is 0 Å². The lowest BCUT2D eigenvalue weighted by molar-refractivity contribution is 0.669. The number of rotatable bonds is 3. The van der Waals surface area contributed by atoms with E-state index in [2.05, 4.69) is 0 Å². The summed E-state index contributed by atoms with van der Waals surface area (Å²) in [6.07, 6.45) is 0. The Morgan fingerprint density at radius 3 is 1.79 bits per heavy atom. The van der Waals surface area contributed by atoms with Crippen LogP contribution >= 0.6 is 0 Å². The molecule has 0 saturated heterocycles. The van der Waals surface area contributed by atoms with E-state index in [1.807, 2.05) is 42.5 Å². The molecule has 0 radical (unpaired) electrons. The van der Waals surface area contributed by atoms with Crippen LogP contribution in [0.5, 0.6) is 0 Å². The fourth-order valence-electron chi connectivity index (χ4n) is 6.17. The first-order valence-electron chi connectivity index (χ1n) is 19.4. The van der Waals surface area contributed by atoms with Crippen LogP contribution in [-0.2, 0) is 0 Å². The number of hydrogen-bond donors (Lipinski definition) is 0. The van der Waals surface area contributed by atoms with Crippen LogP contribution in [0.1, 0.15) is 15.1 Å². The van der Waals surface area contributed by atoms with Crippen molar-refractivity contribution in [2.24, 2.45) is 0 Å². The minimum absolute atomic E-state index is 0.0171. The molecule has 0 aliphatic heterocycles. The SMILES string of the molecule is [2H]c1cc2c(-c3ccc(-c4c([2H])c([2H])c5c(oc6c([2H])c([2H])c([2H])c([2H])c65)c4[2H])cc3)c3cc([2H])c([2H])cc3c(-c3cccc4ccccc34)c2cc1[2H]. The van der Waals surface area contributed by atoms with Crippen molar-refractivity contribution in [1.29, 1.82) is 0 Å². The normalized spacial score (nSPS) is 15.3. The smallest absolute Gasteiger partial charge is 0.136 e. The zero-order valence-electron chi connectivity index (χ0n) is 33.6. The van der Waals surface area contributed by atoms with Crippen LogP contribution in [0.15, 0.2) is 162 Å². The summed E-state index contributed by atoms with van der Waals surface area (Å²) in [7, 11) is 0. The van der Waals surface area contributed by atoms with Gasteiger partial charge in [0.2, 0.25) is 0 Å². The Balaban J connectivity index is 1.31. The topological polar surface area (TPSA) is 13.1 Å². The lowest BCUT2D eigenvalue weighted by Gasteiger charge is -2.19. The van der Waals surface area contributed by atoms with Crippen molar-refractivity contribution in [3.05, 3.63) is 157 Å². The van der Waals surface area contributed by atoms with Gasteiger partial charge in [-0.1, -0.05) is 139 Å². The monoisotopic (exact) mass is 557 g/mol. The van der Waals surface area contributed by atoms with E-state index in [-0.39, 0.29) is 69.8 Å². The third kappa shape index (κ3) is 3.72. The van der Waals surface area contributed by atoms with Gasteiger partial charge in [-0.3, -0.25) is 0 Å². The van der Waals surface area contributed by atoms with Crippen LogP contribution in [0.3, 0.4) is 0 Å². The molecule has 0 unspecified atom stereocenters. The van der Waals surface area contributed by atoms with Gasteiger partial charge in [0.25, 0.3) is 0 Å². The van der Waals surface area contributed by atoms with Crippen molar-refractivity contribution < 1.29 is 19.5 Å². The second kappa shape index (κ2) is 9.44. The van der Waals surface area contributed by atoms with Gasteiger partial charge in [-0.05, 0) is 83.8 Å². The standard InChI is InChI=1S/C42H26O/c1-2-12-31-28(10-1)11-9-18-34(31)42-37-16-5-3-14-35(37)41(36-15-4-6-17-38(36)42)29-22-20-27(21-23-29)30-24-25-33-32-13-7-8-19-39(32)43-40(33)26-30/h1-26H/i3D,4D,5D,6D,7D,8D,13D,19D,24D,25D,26D. The van der Waals surface area contributed by atoms with E-state index < -0.39 is 24.2 Å². The molecule has 0 N–H and O–H groups in total. The Morgan fingerprint density at radius 1 is 0.395 bits per heavy atom. The van der Waals surface area contributed by atoms with E-state index in [9.17, 15) is 0 Å². The van der Waals surface area contributed by atoms with Gasteiger partial charge in [0.1, 0.15) is 11.2 Å². The molecule has 0 aliphatic carbocycles. The predicted molar refractivity (Wildman–Crippen MR) is 183 cm³/mol. The third-order valence-corrected chi connectivity index (χ3v) is 8.10. The number of furan rings is 1. The van der Waals surface area contributed by atoms with Gasteiger partial charge in [-0.25, -0.2) is 0 Å². The molecular formula is C42H26O. The summed E-state index contributed by atoms with van der Waals surface area (Å²) < 4.78 is 100. The maximum atomic E-state index is 9.09. The molecule has 0 fully saturated rings. The molecule has 43 heavy (non-hydrogen) atoms. The molecule has 9 aromatic rings. The number of fused-ring (bicyclic) bond motifs is 6. The summed E-state index contributed by atoms with van der Waals surface area (Å²) in [5, 5.41) is 4.72. The average Bonchev–Trinajstić information content (AvgIpc) is 3.58. The largest absolute Gasteiger partial charge is 0.456 e. The van der Waals surface area contributed by atoms with E-state index in [1.54, 1.807) is 48.5 Å². The second-order valence-corrected chi connectivity index (χ2v) is 10.4. The first-order valence-corrected chi connectivity index (χ1v) is 13.9. The Bertz CT molecular complexity index is 3040. The first kappa shape index (κ1) is 15.5. The van der Waals surface area contributed by atoms with Crippen LogP contribution < -0.4 is 0 Å². The summed E-state index contributed by atoms with van der Waals surface area (Å²) in [6.45, 7) is 0. The highest BCUT2D eigenvalue weighted by Crippen LogP contribution is 2.45. The van der Waals surface area contributed by atoms with Gasteiger partial charge in [0, 0.05) is 10.8 Å². The molecule has 0 spiro atoms. The zero-order valence-corrected chi connectivity index (χ0v) is 22.6. The van der Waals surface area contributed by atoms with Crippen LogP contribution in [0, 0.1) is 0 Å². The third-order valence-electron chi connectivity index (χ3n) is 8.10. The fraction of sp³-hybridized carbons (Fsp3) is 0. The second-order valence-electron chi connectivity index (χ2n) is 10.4. The van der Waals surface area contributed by atoms with E-state index in [0.717, 1.165) is 21.9 Å². The summed E-state index contributed by atoms with van der Waals surface area (Å²) in [5.74, 6) is 0. The molecule has 8 aromatic carbocycles. The minimum Gasteiger partial charge on any atom is -0.456 e. The van der Waals surface area contributed by atoms with Crippen molar-refractivity contribution in [3.63, 3.8) is 0 Å². The predicted octanol–water partition coefficient (Wildman–Crippen LogP) is 12.0. The Morgan fingerprint density at radius 2 is 1.02 bits per heavy atom. The molecular weight excluding hydrogens is 520 g/mol. The lowest BCUT2D eigenvalue weighted by atomic mass is 9.84. The number of benzene rings is 8. The van der Waals surface area contributed by atoms with Crippen molar-refractivity contribution >= 4 is 54.3 Å². The molecule has 200 valence electrons. The minimum atomic E-state index is -0.496. The van der Waals surface area contributed by atoms with Crippen LogP contribution in [0.25, 0.3) is 87.6 Å². The van der Waals surface area contributed by atoms with Crippen LogP contribution in [0.2, 0.25) is 0 Å². The molecule has 1 nitrogen and oxygen atoms in total. The van der Waals surface area contributed by atoms with E-state index in [0.29, 0.717) is 38.2 Å². The van der Waals surface area contributed by atoms with Gasteiger partial charge in [-0.2, -0.15) is 0 Å². The maximum Gasteiger partial charge on any atom is 0.136 e. The first-order chi connectivity index (χ1) is 25.9. The van der Waals surface area contributed by atoms with Crippen molar-refractivity contribution in [3.8, 4) is 33.4 Å². The molecule has 9 rings (SSSR count). The summed E-state index contributed by atoms with van der Waals surface area (Å²) >= 11 is 0. The molecule has 0 aliphatic rings. The van der Waals surface area contributed by atoms with Crippen molar-refractivity contribution in [1.82, 2.24) is 0 Å². The van der Waals surface area contributed by atoms with E-state index >= 15 is 0 Å². The fourth-order valence-corrected chi connectivity index (χ4v) is 6.17. The molecule has 0 amide bonds. The molecule has 0 atom stereocenters. The number of hydrogen-bond acceptors (Lipinski definition) is 1. The highest BCUT2D eigenvalue weighted by atomic mass is 16.3. The molecule has 0 bridgehead atoms. The van der Waals surface area contributed by atoms with Crippen LogP contribution in [-0.4, -0.2) is 0 Å². The summed E-state index contributed by atoms with van der Waals surface area (Å²) in [6, 6.07) is 25.1. The van der Waals surface area contributed by atoms with Crippen LogP contribution in [0.4, 0.5) is 0 Å². The van der Waals surface area contributed by atoms with Gasteiger partial charge in [0.15, 0.2) is 0 Å². The van der Waals surface area contributed by atoms with Crippen molar-refractivity contribution in [2.45, 2.75) is 0 Å². The quantitative estimate of drug-likeness (QED) is 0.197. The Labute approximate surface area is 264 Å². The van der Waals surface area contributed by atoms with E-state index in [1.165, 1.54) is 0 Å². The lowest BCUT2D eigenvalue weighted by Crippen LogP contribution is -1.91. The Kier molecular flexibility index (Phi) is 3.41. The number of para-hydroxylation sites is 1. The summed E-state index contributed by atoms with van der Waals surface area (Å²) in [5.41, 5.74) is 3.29. The zero-order chi connectivity index (χ0) is 37.9. The Hall–Kier alpha value is -5.66. The molecule has 1 aromatic heterocycles. The van der Waals surface area contributed by atoms with Gasteiger partial charge in [0.05, 0.1) is 15.1 Å². The van der Waals surface area contributed by atoms with Gasteiger partial charge in [-0.15, -0.1) is 0 Å². The average molecular weight is 558 g/mol. The molecule has 1 heteroatoms. The highest BCUT2D eigenvalue weighted by Gasteiger charge is 2.18. The maximum absolute atomic E-state index is 9.09. The highest BCUT2D eigenvalue weighted by molar-refractivity contribution is 6.23. The van der Waals surface area contributed by atoms with E-state index in [4.69, 9.17) is 19.5 Å². The molecule has 1 heterocycles. The van der Waals surface area contributed by atoms with Gasteiger partial charge < -0.3 is 4.42 Å². The van der Waals surface area contributed by atoms with Crippen molar-refractivity contribution in [2.75, 3.05) is 0 Å². The summed E-state index contributed by atoms with van der Waals surface area (Å²) in [4.78, 5) is 0.